The van der Waals surface area contributed by atoms with Crippen molar-refractivity contribution in [3.8, 4) is 0 Å². The second kappa shape index (κ2) is 5.03. The SMILES string of the molecule is CN1CCN(C2CN(c3ccncc3Cl)C2)CC1. The van der Waals surface area contributed by atoms with Crippen LogP contribution in [0.15, 0.2) is 18.5 Å². The van der Waals surface area contributed by atoms with Crippen LogP contribution in [0.3, 0.4) is 0 Å². The highest BCUT2D eigenvalue weighted by atomic mass is 35.5. The van der Waals surface area contributed by atoms with Gasteiger partial charge in [0.05, 0.1) is 10.7 Å². The lowest BCUT2D eigenvalue weighted by Crippen LogP contribution is -2.63. The van der Waals surface area contributed by atoms with Crippen molar-refractivity contribution in [1.29, 1.82) is 0 Å². The number of halogens is 1. The van der Waals surface area contributed by atoms with Crippen LogP contribution >= 0.6 is 11.6 Å². The second-order valence-corrected chi connectivity index (χ2v) is 5.63. The summed E-state index contributed by atoms with van der Waals surface area (Å²) in [6, 6.07) is 2.70. The van der Waals surface area contributed by atoms with Crippen molar-refractivity contribution >= 4 is 17.3 Å². The van der Waals surface area contributed by atoms with Gasteiger partial charge in [0.15, 0.2) is 0 Å². The first kappa shape index (κ1) is 12.2. The van der Waals surface area contributed by atoms with Crippen molar-refractivity contribution in [2.45, 2.75) is 6.04 Å². The molecule has 0 unspecified atom stereocenters. The quantitative estimate of drug-likeness (QED) is 0.802. The number of piperazine rings is 1. The second-order valence-electron chi connectivity index (χ2n) is 5.23. The van der Waals surface area contributed by atoms with Crippen LogP contribution in [0.25, 0.3) is 0 Å². The van der Waals surface area contributed by atoms with E-state index in [1.807, 2.05) is 12.3 Å². The molecule has 0 atom stereocenters. The van der Waals surface area contributed by atoms with E-state index in [9.17, 15) is 0 Å². The summed E-state index contributed by atoms with van der Waals surface area (Å²) < 4.78 is 0. The van der Waals surface area contributed by atoms with E-state index in [0.717, 1.165) is 23.8 Å². The number of aromatic nitrogens is 1. The molecule has 2 aliphatic heterocycles. The normalized spacial score (nSPS) is 23.1. The van der Waals surface area contributed by atoms with Gasteiger partial charge in [-0.05, 0) is 13.1 Å². The lowest BCUT2D eigenvalue weighted by molar-refractivity contribution is 0.0963. The van der Waals surface area contributed by atoms with Crippen LogP contribution < -0.4 is 4.90 Å². The van der Waals surface area contributed by atoms with Gasteiger partial charge < -0.3 is 9.80 Å². The Morgan fingerprint density at radius 3 is 2.61 bits per heavy atom. The predicted octanol–water partition coefficient (Wildman–Crippen LogP) is 1.17. The molecule has 0 spiro atoms. The first-order valence-electron chi connectivity index (χ1n) is 6.51. The maximum atomic E-state index is 6.16. The Labute approximate surface area is 113 Å². The molecule has 1 aromatic heterocycles. The lowest BCUT2D eigenvalue weighted by atomic mass is 10.1. The Morgan fingerprint density at radius 1 is 1.22 bits per heavy atom. The topological polar surface area (TPSA) is 22.6 Å². The molecule has 18 heavy (non-hydrogen) atoms. The summed E-state index contributed by atoms with van der Waals surface area (Å²) in [5, 5.41) is 0.759. The van der Waals surface area contributed by atoms with Crippen LogP contribution in [0.4, 0.5) is 5.69 Å². The number of anilines is 1. The monoisotopic (exact) mass is 266 g/mol. The molecule has 3 heterocycles. The van der Waals surface area contributed by atoms with Crippen molar-refractivity contribution in [1.82, 2.24) is 14.8 Å². The molecule has 0 saturated carbocycles. The molecular weight excluding hydrogens is 248 g/mol. The number of nitrogens with zero attached hydrogens (tertiary/aromatic N) is 4. The summed E-state index contributed by atoms with van der Waals surface area (Å²) >= 11 is 6.16. The molecule has 98 valence electrons. The summed E-state index contributed by atoms with van der Waals surface area (Å²) in [4.78, 5) is 11.4. The lowest BCUT2D eigenvalue weighted by Gasteiger charge is -2.49. The van der Waals surface area contributed by atoms with Crippen molar-refractivity contribution < 1.29 is 0 Å². The average Bonchev–Trinajstić information content (AvgIpc) is 2.32. The molecule has 0 N–H and O–H groups in total. The molecular formula is C13H19ClN4. The van der Waals surface area contributed by atoms with Gasteiger partial charge in [-0.1, -0.05) is 11.6 Å². The van der Waals surface area contributed by atoms with Gasteiger partial charge in [0, 0.05) is 57.7 Å². The van der Waals surface area contributed by atoms with E-state index in [-0.39, 0.29) is 0 Å². The maximum absolute atomic E-state index is 6.16. The third kappa shape index (κ3) is 2.32. The summed E-state index contributed by atoms with van der Waals surface area (Å²) in [7, 11) is 2.20. The third-order valence-corrected chi connectivity index (χ3v) is 4.30. The summed E-state index contributed by atoms with van der Waals surface area (Å²) in [5.41, 5.74) is 1.12. The van der Waals surface area contributed by atoms with Crippen LogP contribution in [0.2, 0.25) is 5.02 Å². The van der Waals surface area contributed by atoms with Crippen molar-refractivity contribution in [2.24, 2.45) is 0 Å². The largest absolute Gasteiger partial charge is 0.367 e. The highest BCUT2D eigenvalue weighted by molar-refractivity contribution is 6.33. The number of hydrogen-bond donors (Lipinski definition) is 0. The molecule has 0 amide bonds. The first-order valence-corrected chi connectivity index (χ1v) is 6.89. The minimum atomic E-state index is 0.697. The van der Waals surface area contributed by atoms with Gasteiger partial charge in [0.1, 0.15) is 0 Å². The van der Waals surface area contributed by atoms with Gasteiger partial charge in [-0.25, -0.2) is 0 Å². The fraction of sp³-hybridized carbons (Fsp3) is 0.615. The number of hydrogen-bond acceptors (Lipinski definition) is 4. The fourth-order valence-corrected chi connectivity index (χ4v) is 2.93. The summed E-state index contributed by atoms with van der Waals surface area (Å²) in [6.07, 6.45) is 3.53. The van der Waals surface area contributed by atoms with Crippen LogP contribution in [0, 0.1) is 0 Å². The summed E-state index contributed by atoms with van der Waals surface area (Å²) in [5.74, 6) is 0. The van der Waals surface area contributed by atoms with E-state index in [1.165, 1.54) is 26.2 Å². The molecule has 0 radical (unpaired) electrons. The van der Waals surface area contributed by atoms with Crippen molar-refractivity contribution in [3.05, 3.63) is 23.5 Å². The highest BCUT2D eigenvalue weighted by Crippen LogP contribution is 2.29. The third-order valence-electron chi connectivity index (χ3n) is 4.01. The summed E-state index contributed by atoms with van der Waals surface area (Å²) in [6.45, 7) is 6.94. The predicted molar refractivity (Wildman–Crippen MR) is 74.3 cm³/mol. The van der Waals surface area contributed by atoms with Crippen LogP contribution in [0.5, 0.6) is 0 Å². The van der Waals surface area contributed by atoms with Crippen LogP contribution in [-0.2, 0) is 0 Å². The molecule has 4 nitrogen and oxygen atoms in total. The van der Waals surface area contributed by atoms with Crippen LogP contribution in [0.1, 0.15) is 0 Å². The Hall–Kier alpha value is -0.840. The molecule has 1 aromatic rings. The van der Waals surface area contributed by atoms with Crippen molar-refractivity contribution in [2.75, 3.05) is 51.2 Å². The van der Waals surface area contributed by atoms with Gasteiger partial charge >= 0.3 is 0 Å². The minimum Gasteiger partial charge on any atom is -0.367 e. The van der Waals surface area contributed by atoms with Crippen molar-refractivity contribution in [3.63, 3.8) is 0 Å². The molecule has 0 aliphatic carbocycles. The molecule has 2 fully saturated rings. The molecule has 0 bridgehead atoms. The van der Waals surface area contributed by atoms with E-state index in [0.29, 0.717) is 6.04 Å². The highest BCUT2D eigenvalue weighted by Gasteiger charge is 2.33. The standard InChI is InChI=1S/C13H19ClN4/c1-16-4-6-17(7-5-16)11-9-18(10-11)13-2-3-15-8-12(13)14/h2-3,8,11H,4-7,9-10H2,1H3. The zero-order valence-electron chi connectivity index (χ0n) is 10.7. The zero-order chi connectivity index (χ0) is 12.5. The van der Waals surface area contributed by atoms with Gasteiger partial charge in [0.25, 0.3) is 0 Å². The molecule has 5 heteroatoms. The Kier molecular flexibility index (Phi) is 3.41. The van der Waals surface area contributed by atoms with E-state index in [4.69, 9.17) is 11.6 Å². The Bertz CT molecular complexity index is 411. The molecule has 0 aromatic carbocycles. The molecule has 2 saturated heterocycles. The Morgan fingerprint density at radius 2 is 1.94 bits per heavy atom. The molecule has 3 rings (SSSR count). The zero-order valence-corrected chi connectivity index (χ0v) is 11.5. The average molecular weight is 267 g/mol. The van der Waals surface area contributed by atoms with E-state index >= 15 is 0 Å². The number of likely N-dealkylation sites (N-methyl/N-ethyl adjacent to an activating group) is 1. The Balaban J connectivity index is 1.56. The van der Waals surface area contributed by atoms with Gasteiger partial charge in [-0.2, -0.15) is 0 Å². The fourth-order valence-electron chi connectivity index (χ4n) is 2.69. The van der Waals surface area contributed by atoms with E-state index in [1.54, 1.807) is 6.20 Å². The number of rotatable bonds is 2. The molecule has 2 aliphatic rings. The minimum absolute atomic E-state index is 0.697. The first-order chi connectivity index (χ1) is 8.74. The van der Waals surface area contributed by atoms with Gasteiger partial charge in [-0.15, -0.1) is 0 Å². The number of pyridine rings is 1. The van der Waals surface area contributed by atoms with E-state index < -0.39 is 0 Å². The van der Waals surface area contributed by atoms with Gasteiger partial charge in [-0.3, -0.25) is 9.88 Å². The van der Waals surface area contributed by atoms with Crippen LogP contribution in [-0.4, -0.2) is 67.1 Å². The van der Waals surface area contributed by atoms with E-state index in [2.05, 4.69) is 26.7 Å². The smallest absolute Gasteiger partial charge is 0.0822 e. The maximum Gasteiger partial charge on any atom is 0.0822 e. The van der Waals surface area contributed by atoms with Gasteiger partial charge in [0.2, 0.25) is 0 Å².